The summed E-state index contributed by atoms with van der Waals surface area (Å²) in [5.41, 5.74) is 6.50. The van der Waals surface area contributed by atoms with Gasteiger partial charge in [0.2, 0.25) is 10.0 Å². The lowest BCUT2D eigenvalue weighted by Gasteiger charge is -2.27. The first-order chi connectivity index (χ1) is 9.11. The van der Waals surface area contributed by atoms with Crippen LogP contribution in [0, 0.1) is 5.92 Å². The van der Waals surface area contributed by atoms with Gasteiger partial charge in [0.1, 0.15) is 4.90 Å². The maximum atomic E-state index is 11.7. The zero-order valence-corrected chi connectivity index (χ0v) is 13.2. The largest absolute Gasteiger partial charge is 0.399 e. The van der Waals surface area contributed by atoms with E-state index in [1.54, 1.807) is 12.1 Å². The number of nitrogens with zero attached hydrogens (tertiary/aromatic N) is 1. The van der Waals surface area contributed by atoms with Crippen molar-refractivity contribution in [2.24, 2.45) is 11.1 Å². The molecule has 7 heteroatoms. The van der Waals surface area contributed by atoms with Gasteiger partial charge in [0.25, 0.3) is 0 Å². The van der Waals surface area contributed by atoms with E-state index >= 15 is 0 Å². The van der Waals surface area contributed by atoms with E-state index in [9.17, 15) is 8.42 Å². The zero-order chi connectivity index (χ0) is 15.5. The quantitative estimate of drug-likeness (QED) is 0.678. The zero-order valence-electron chi connectivity index (χ0n) is 12.4. The van der Waals surface area contributed by atoms with Crippen LogP contribution in [0.4, 0.5) is 11.4 Å². The lowest BCUT2D eigenvalue weighted by atomic mass is 10.0. The minimum Gasteiger partial charge on any atom is -0.399 e. The predicted molar refractivity (Wildman–Crippen MR) is 83.0 cm³/mol. The highest BCUT2D eigenvalue weighted by atomic mass is 32.2. The van der Waals surface area contributed by atoms with Crippen LogP contribution in [0.15, 0.2) is 23.1 Å². The van der Waals surface area contributed by atoms with Crippen LogP contribution in [0.25, 0.3) is 0 Å². The van der Waals surface area contributed by atoms with Crippen molar-refractivity contribution in [3.05, 3.63) is 18.2 Å². The summed E-state index contributed by atoms with van der Waals surface area (Å²) in [6.07, 6.45) is 0. The SMILES string of the molecule is CC(C)C(CN(C)C)Nc1ccc(N)cc1S(N)(=O)=O. The van der Waals surface area contributed by atoms with E-state index in [1.807, 2.05) is 19.0 Å². The average molecular weight is 300 g/mol. The van der Waals surface area contributed by atoms with Crippen LogP contribution in [0.5, 0.6) is 0 Å². The number of nitrogens with one attached hydrogen (secondary N) is 1. The molecule has 20 heavy (non-hydrogen) atoms. The van der Waals surface area contributed by atoms with Crippen molar-refractivity contribution in [1.82, 2.24) is 4.90 Å². The molecule has 0 aliphatic heterocycles. The van der Waals surface area contributed by atoms with E-state index in [1.165, 1.54) is 6.07 Å². The Morgan fingerprint density at radius 2 is 1.90 bits per heavy atom. The van der Waals surface area contributed by atoms with Crippen LogP contribution in [0.1, 0.15) is 13.8 Å². The van der Waals surface area contributed by atoms with Crippen LogP contribution in [-0.4, -0.2) is 40.0 Å². The van der Waals surface area contributed by atoms with E-state index in [2.05, 4.69) is 19.2 Å². The second kappa shape index (κ2) is 6.43. The smallest absolute Gasteiger partial charge is 0.240 e. The number of benzene rings is 1. The topological polar surface area (TPSA) is 101 Å². The fraction of sp³-hybridized carbons (Fsp3) is 0.538. The number of primary sulfonamides is 1. The van der Waals surface area contributed by atoms with Gasteiger partial charge in [0.05, 0.1) is 5.69 Å². The molecule has 0 saturated heterocycles. The van der Waals surface area contributed by atoms with Gasteiger partial charge >= 0.3 is 0 Å². The number of likely N-dealkylation sites (N-methyl/N-ethyl adjacent to an activating group) is 1. The Labute approximate surface area is 121 Å². The molecule has 0 spiro atoms. The highest BCUT2D eigenvalue weighted by Crippen LogP contribution is 2.24. The molecular formula is C13H24N4O2S. The fourth-order valence-corrected chi connectivity index (χ4v) is 2.64. The van der Waals surface area contributed by atoms with Crippen LogP contribution < -0.4 is 16.2 Å². The molecule has 0 aliphatic carbocycles. The first-order valence-electron chi connectivity index (χ1n) is 6.45. The van der Waals surface area contributed by atoms with Gasteiger partial charge in [-0.15, -0.1) is 0 Å². The Morgan fingerprint density at radius 1 is 1.30 bits per heavy atom. The van der Waals surface area contributed by atoms with Crippen LogP contribution in [0.3, 0.4) is 0 Å². The van der Waals surface area contributed by atoms with Crippen LogP contribution in [0.2, 0.25) is 0 Å². The van der Waals surface area contributed by atoms with Crippen LogP contribution >= 0.6 is 0 Å². The Hall–Kier alpha value is -1.31. The maximum absolute atomic E-state index is 11.7. The summed E-state index contributed by atoms with van der Waals surface area (Å²) in [6.45, 7) is 4.94. The van der Waals surface area contributed by atoms with Gasteiger partial charge in [-0.3, -0.25) is 0 Å². The van der Waals surface area contributed by atoms with E-state index in [-0.39, 0.29) is 10.9 Å². The fourth-order valence-electron chi connectivity index (χ4n) is 1.91. The van der Waals surface area contributed by atoms with Gasteiger partial charge < -0.3 is 16.0 Å². The van der Waals surface area contributed by atoms with Gasteiger partial charge in [0, 0.05) is 18.3 Å². The molecule has 1 aromatic rings. The molecule has 0 aliphatic rings. The summed E-state index contributed by atoms with van der Waals surface area (Å²) in [4.78, 5) is 2.08. The Kier molecular flexibility index (Phi) is 5.38. The monoisotopic (exact) mass is 300 g/mol. The van der Waals surface area contributed by atoms with Gasteiger partial charge in [0.15, 0.2) is 0 Å². The van der Waals surface area contributed by atoms with Gasteiger partial charge in [-0.05, 0) is 38.2 Å². The number of hydrogen-bond acceptors (Lipinski definition) is 5. The summed E-state index contributed by atoms with van der Waals surface area (Å²) in [7, 11) is 0.134. The third-order valence-electron chi connectivity index (χ3n) is 3.02. The van der Waals surface area contributed by atoms with Crippen molar-refractivity contribution in [3.8, 4) is 0 Å². The number of anilines is 2. The van der Waals surface area contributed by atoms with Gasteiger partial charge in [-0.2, -0.15) is 0 Å². The summed E-state index contributed by atoms with van der Waals surface area (Å²) in [5.74, 6) is 0.336. The highest BCUT2D eigenvalue weighted by Gasteiger charge is 2.19. The third kappa shape index (κ3) is 4.66. The standard InChI is InChI=1S/C13H24N4O2S/c1-9(2)12(8-17(3)4)16-11-6-5-10(14)7-13(11)20(15,18)19/h5-7,9,12,16H,8,14H2,1-4H3,(H2,15,18,19). The number of nitrogens with two attached hydrogens (primary N) is 2. The van der Waals surface area contributed by atoms with Crippen LogP contribution in [-0.2, 0) is 10.0 Å². The lowest BCUT2D eigenvalue weighted by molar-refractivity contribution is 0.344. The number of rotatable bonds is 6. The molecule has 1 atom stereocenters. The molecular weight excluding hydrogens is 276 g/mol. The molecule has 1 rings (SSSR count). The molecule has 0 radical (unpaired) electrons. The Morgan fingerprint density at radius 3 is 2.35 bits per heavy atom. The van der Waals surface area contributed by atoms with Gasteiger partial charge in [-0.25, -0.2) is 13.6 Å². The molecule has 1 unspecified atom stereocenters. The molecule has 0 bridgehead atoms. The number of hydrogen-bond donors (Lipinski definition) is 3. The molecule has 5 N–H and O–H groups in total. The summed E-state index contributed by atoms with van der Waals surface area (Å²) >= 11 is 0. The van der Waals surface area contributed by atoms with E-state index in [4.69, 9.17) is 10.9 Å². The minimum absolute atomic E-state index is 0.0295. The van der Waals surface area contributed by atoms with E-state index in [0.717, 1.165) is 6.54 Å². The number of sulfonamides is 1. The molecule has 6 nitrogen and oxygen atoms in total. The summed E-state index contributed by atoms with van der Waals surface area (Å²) in [6, 6.07) is 4.80. The molecule has 1 aromatic carbocycles. The lowest BCUT2D eigenvalue weighted by Crippen LogP contribution is -2.37. The molecule has 0 amide bonds. The Bertz CT molecular complexity index is 555. The second-order valence-electron chi connectivity index (χ2n) is 5.56. The first kappa shape index (κ1) is 16.7. The molecule has 0 fully saturated rings. The van der Waals surface area contributed by atoms with Crippen molar-refractivity contribution < 1.29 is 8.42 Å². The van der Waals surface area contributed by atoms with E-state index in [0.29, 0.717) is 17.3 Å². The van der Waals surface area contributed by atoms with Crippen molar-refractivity contribution in [1.29, 1.82) is 0 Å². The molecule has 0 saturated carbocycles. The third-order valence-corrected chi connectivity index (χ3v) is 3.97. The number of nitrogen functional groups attached to an aromatic ring is 1. The highest BCUT2D eigenvalue weighted by molar-refractivity contribution is 7.89. The van der Waals surface area contributed by atoms with E-state index < -0.39 is 10.0 Å². The Balaban J connectivity index is 3.13. The van der Waals surface area contributed by atoms with Crippen molar-refractivity contribution >= 4 is 21.4 Å². The van der Waals surface area contributed by atoms with Gasteiger partial charge in [-0.1, -0.05) is 13.8 Å². The normalized spacial score (nSPS) is 13.8. The van der Waals surface area contributed by atoms with Crippen molar-refractivity contribution in [3.63, 3.8) is 0 Å². The molecule has 114 valence electrons. The summed E-state index contributed by atoms with van der Waals surface area (Å²) < 4.78 is 23.3. The maximum Gasteiger partial charge on any atom is 0.240 e. The molecule has 0 aromatic heterocycles. The average Bonchev–Trinajstić information content (AvgIpc) is 2.28. The molecule has 0 heterocycles. The summed E-state index contributed by atoms with van der Waals surface area (Å²) in [5, 5.41) is 8.50. The first-order valence-corrected chi connectivity index (χ1v) is 7.99. The van der Waals surface area contributed by atoms with Crippen molar-refractivity contribution in [2.45, 2.75) is 24.8 Å². The van der Waals surface area contributed by atoms with Crippen molar-refractivity contribution in [2.75, 3.05) is 31.7 Å². The minimum atomic E-state index is -3.81. The predicted octanol–water partition coefficient (Wildman–Crippen LogP) is 0.914. The second-order valence-corrected chi connectivity index (χ2v) is 7.09.